The first-order valence-electron chi connectivity index (χ1n) is 14.2. The van der Waals surface area contributed by atoms with Gasteiger partial charge in [0.05, 0.1) is 28.8 Å². The Balaban J connectivity index is 1.11. The number of nitriles is 1. The second kappa shape index (κ2) is 14.0. The summed E-state index contributed by atoms with van der Waals surface area (Å²) in [6.45, 7) is 4.82. The van der Waals surface area contributed by atoms with E-state index in [-0.39, 0.29) is 6.04 Å². The maximum Gasteiger partial charge on any atom is 0.200 e. The summed E-state index contributed by atoms with van der Waals surface area (Å²) >= 11 is 6.56. The van der Waals surface area contributed by atoms with Gasteiger partial charge in [-0.25, -0.2) is 9.97 Å². The summed E-state index contributed by atoms with van der Waals surface area (Å²) in [5, 5.41) is 34.7. The third kappa shape index (κ3) is 8.10. The number of ether oxygens (including phenoxy) is 2. The highest BCUT2D eigenvalue weighted by Gasteiger charge is 2.32. The third-order valence-electron chi connectivity index (χ3n) is 7.76. The number of nitrogens with one attached hydrogen (secondary N) is 4. The molecule has 0 bridgehead atoms. The van der Waals surface area contributed by atoms with E-state index in [1.54, 1.807) is 6.20 Å². The van der Waals surface area contributed by atoms with Crippen molar-refractivity contribution in [3.05, 3.63) is 41.3 Å². The molecule has 0 aromatic carbocycles. The van der Waals surface area contributed by atoms with Gasteiger partial charge in [-0.1, -0.05) is 22.9 Å². The molecule has 4 N–H and O–H groups in total. The molecule has 12 nitrogen and oxygen atoms in total. The van der Waals surface area contributed by atoms with Crippen LogP contribution in [-0.4, -0.2) is 75.1 Å². The number of hydrogen-bond donors (Lipinski definition) is 4. The van der Waals surface area contributed by atoms with Crippen LogP contribution in [0.4, 0.5) is 11.6 Å². The average molecular weight is 581 g/mol. The standard InChI is InChI=1S/C28H37ClN10O2/c1-19(15-41-16-27-36-38-39-37-27)33-20-5-7-21(8-6-20)34-26-13-22(23(29)14-31-26)24-3-2-4-25(35-24)32-18-28(17-30)9-11-40-12-10-28/h2-4,13-14,19-21,33H,5-12,15-16,18H2,1H3,(H,31,34)(H,32,35)(H,36,37,38,39)/t19-,20-,21-/m1/s1. The summed E-state index contributed by atoms with van der Waals surface area (Å²) in [6.07, 6.45) is 7.33. The largest absolute Gasteiger partial charge is 0.381 e. The molecule has 5 rings (SSSR count). The molecule has 1 aliphatic carbocycles. The number of aromatic nitrogens is 6. The van der Waals surface area contributed by atoms with Gasteiger partial charge < -0.3 is 25.4 Å². The van der Waals surface area contributed by atoms with E-state index in [4.69, 9.17) is 26.1 Å². The van der Waals surface area contributed by atoms with Crippen LogP contribution in [0.3, 0.4) is 0 Å². The van der Waals surface area contributed by atoms with Crippen LogP contribution in [0, 0.1) is 16.7 Å². The van der Waals surface area contributed by atoms with Gasteiger partial charge in [0.15, 0.2) is 5.82 Å². The quantitative estimate of drug-likeness (QED) is 0.245. The predicted molar refractivity (Wildman–Crippen MR) is 155 cm³/mol. The van der Waals surface area contributed by atoms with Gasteiger partial charge in [-0.3, -0.25) is 0 Å². The number of aromatic amines is 1. The normalized spacial score (nSPS) is 21.1. The number of halogens is 1. The Kier molecular flexibility index (Phi) is 9.95. The molecule has 2 aliphatic rings. The number of anilines is 2. The first-order chi connectivity index (χ1) is 20.0. The van der Waals surface area contributed by atoms with E-state index in [9.17, 15) is 5.26 Å². The Hall–Kier alpha value is -3.37. The number of tetrazole rings is 1. The van der Waals surface area contributed by atoms with Crippen molar-refractivity contribution < 1.29 is 9.47 Å². The maximum atomic E-state index is 9.76. The maximum absolute atomic E-state index is 9.76. The number of hydrogen-bond acceptors (Lipinski definition) is 11. The number of nitrogens with zero attached hydrogens (tertiary/aromatic N) is 6. The molecule has 3 aromatic heterocycles. The molecular weight excluding hydrogens is 544 g/mol. The molecule has 0 amide bonds. The molecule has 1 atom stereocenters. The Morgan fingerprint density at radius 2 is 2.00 bits per heavy atom. The monoisotopic (exact) mass is 580 g/mol. The van der Waals surface area contributed by atoms with Crippen LogP contribution in [-0.2, 0) is 16.1 Å². The highest BCUT2D eigenvalue weighted by Crippen LogP contribution is 2.32. The first-order valence-corrected chi connectivity index (χ1v) is 14.6. The molecule has 1 saturated carbocycles. The Morgan fingerprint density at radius 1 is 1.20 bits per heavy atom. The smallest absolute Gasteiger partial charge is 0.200 e. The third-order valence-corrected chi connectivity index (χ3v) is 8.06. The molecular formula is C28H37ClN10O2. The van der Waals surface area contributed by atoms with Crippen molar-refractivity contribution in [2.24, 2.45) is 5.41 Å². The number of rotatable bonds is 12. The summed E-state index contributed by atoms with van der Waals surface area (Å²) in [4.78, 5) is 9.33. The van der Waals surface area contributed by atoms with E-state index in [0.29, 0.717) is 61.7 Å². The molecule has 4 heterocycles. The SMILES string of the molecule is C[C@H](COCc1nn[nH]n1)N[C@H]1CC[C@H](Nc2cc(-c3cccc(NCC4(C#N)CCOCC4)n3)c(Cl)cn2)CC1. The van der Waals surface area contributed by atoms with Crippen LogP contribution >= 0.6 is 11.6 Å². The lowest BCUT2D eigenvalue weighted by Crippen LogP contribution is -2.43. The van der Waals surface area contributed by atoms with Crippen molar-refractivity contribution in [2.45, 2.75) is 70.2 Å². The van der Waals surface area contributed by atoms with E-state index in [0.717, 1.165) is 55.6 Å². The van der Waals surface area contributed by atoms with E-state index in [1.807, 2.05) is 24.3 Å². The Labute approximate surface area is 245 Å². The van der Waals surface area contributed by atoms with Gasteiger partial charge in [0.1, 0.15) is 18.2 Å². The van der Waals surface area contributed by atoms with Gasteiger partial charge >= 0.3 is 0 Å². The molecule has 218 valence electrons. The van der Waals surface area contributed by atoms with Crippen molar-refractivity contribution in [1.29, 1.82) is 5.26 Å². The van der Waals surface area contributed by atoms with Gasteiger partial charge in [0, 0.05) is 49.6 Å². The summed E-state index contributed by atoms with van der Waals surface area (Å²) in [5.41, 5.74) is 1.14. The van der Waals surface area contributed by atoms with E-state index in [1.165, 1.54) is 0 Å². The van der Waals surface area contributed by atoms with E-state index in [2.05, 4.69) is 54.6 Å². The zero-order valence-electron chi connectivity index (χ0n) is 23.3. The molecule has 1 aliphatic heterocycles. The molecule has 2 fully saturated rings. The average Bonchev–Trinajstić information content (AvgIpc) is 3.52. The minimum absolute atomic E-state index is 0.233. The second-order valence-electron chi connectivity index (χ2n) is 10.9. The molecule has 0 spiro atoms. The Morgan fingerprint density at radius 3 is 2.76 bits per heavy atom. The van der Waals surface area contributed by atoms with Crippen LogP contribution in [0.25, 0.3) is 11.3 Å². The molecule has 13 heteroatoms. The number of pyridine rings is 2. The zero-order valence-corrected chi connectivity index (χ0v) is 24.0. The molecule has 41 heavy (non-hydrogen) atoms. The van der Waals surface area contributed by atoms with Crippen LogP contribution in [0.5, 0.6) is 0 Å². The predicted octanol–water partition coefficient (Wildman–Crippen LogP) is 3.96. The van der Waals surface area contributed by atoms with Crippen molar-refractivity contribution >= 4 is 23.2 Å². The first kappa shape index (κ1) is 29.1. The van der Waals surface area contributed by atoms with Gasteiger partial charge in [-0.2, -0.15) is 10.5 Å². The molecule has 0 radical (unpaired) electrons. The fraction of sp³-hybridized carbons (Fsp3) is 0.571. The molecule has 0 unspecified atom stereocenters. The molecule has 3 aromatic rings. The van der Waals surface area contributed by atoms with Crippen LogP contribution < -0.4 is 16.0 Å². The fourth-order valence-electron chi connectivity index (χ4n) is 5.38. The summed E-state index contributed by atoms with van der Waals surface area (Å²) in [5.74, 6) is 2.06. The fourth-order valence-corrected chi connectivity index (χ4v) is 5.58. The van der Waals surface area contributed by atoms with E-state index < -0.39 is 5.41 Å². The van der Waals surface area contributed by atoms with Gasteiger partial charge in [-0.15, -0.1) is 10.2 Å². The summed E-state index contributed by atoms with van der Waals surface area (Å²) < 4.78 is 11.1. The molecule has 1 saturated heterocycles. The zero-order chi connectivity index (χ0) is 28.5. The summed E-state index contributed by atoms with van der Waals surface area (Å²) in [7, 11) is 0. The minimum Gasteiger partial charge on any atom is -0.381 e. The van der Waals surface area contributed by atoms with Crippen molar-refractivity contribution in [1.82, 2.24) is 35.9 Å². The number of H-pyrrole nitrogens is 1. The van der Waals surface area contributed by atoms with Gasteiger partial charge in [0.2, 0.25) is 0 Å². The topological polar surface area (TPSA) is 159 Å². The lowest BCUT2D eigenvalue weighted by molar-refractivity contribution is 0.0455. The lowest BCUT2D eigenvalue weighted by Gasteiger charge is -2.32. The van der Waals surface area contributed by atoms with Crippen molar-refractivity contribution in [3.63, 3.8) is 0 Å². The lowest BCUT2D eigenvalue weighted by atomic mass is 9.82. The minimum atomic E-state index is -0.433. The Bertz CT molecular complexity index is 1290. The van der Waals surface area contributed by atoms with Crippen LogP contribution in [0.15, 0.2) is 30.5 Å². The highest BCUT2D eigenvalue weighted by molar-refractivity contribution is 6.33. The highest BCUT2D eigenvalue weighted by atomic mass is 35.5. The van der Waals surface area contributed by atoms with Crippen LogP contribution in [0.1, 0.15) is 51.3 Å². The van der Waals surface area contributed by atoms with Crippen LogP contribution in [0.2, 0.25) is 5.02 Å². The van der Waals surface area contributed by atoms with Gasteiger partial charge in [-0.05, 0) is 63.6 Å². The summed E-state index contributed by atoms with van der Waals surface area (Å²) in [6, 6.07) is 11.3. The van der Waals surface area contributed by atoms with Crippen molar-refractivity contribution in [2.75, 3.05) is 37.0 Å². The second-order valence-corrected chi connectivity index (χ2v) is 11.3. The van der Waals surface area contributed by atoms with Gasteiger partial charge in [0.25, 0.3) is 0 Å². The van der Waals surface area contributed by atoms with E-state index >= 15 is 0 Å². The van der Waals surface area contributed by atoms with Crippen molar-refractivity contribution in [3.8, 4) is 17.3 Å².